The molecule has 1 aliphatic rings. The van der Waals surface area contributed by atoms with Crippen LogP contribution in [0.1, 0.15) is 29.0 Å². The Labute approximate surface area is 127 Å². The molecule has 0 atom stereocenters. The summed E-state index contributed by atoms with van der Waals surface area (Å²) in [5, 5.41) is 0.180. The van der Waals surface area contributed by atoms with Crippen LogP contribution in [0, 0.1) is 0 Å². The maximum Gasteiger partial charge on any atom is 0.257 e. The summed E-state index contributed by atoms with van der Waals surface area (Å²) in [7, 11) is 1.91. The summed E-state index contributed by atoms with van der Waals surface area (Å²) in [5.74, 6) is 0.688. The summed E-state index contributed by atoms with van der Waals surface area (Å²) in [5.41, 5.74) is 6.48. The van der Waals surface area contributed by atoms with Crippen LogP contribution in [0.5, 0.6) is 0 Å². The van der Waals surface area contributed by atoms with Gasteiger partial charge in [0.1, 0.15) is 11.0 Å². The lowest BCUT2D eigenvalue weighted by Crippen LogP contribution is -2.34. The number of nitrogens with two attached hydrogens (primary N) is 1. The minimum absolute atomic E-state index is 0.148. The van der Waals surface area contributed by atoms with Gasteiger partial charge in [0.05, 0.1) is 24.0 Å². The first-order valence-corrected chi connectivity index (χ1v) is 7.12. The largest absolute Gasteiger partial charge is 0.397 e. The third-order valence-corrected chi connectivity index (χ3v) is 3.87. The predicted molar refractivity (Wildman–Crippen MR) is 79.8 cm³/mol. The molecule has 2 heterocycles. The fraction of sp³-hybridized carbons (Fsp3) is 0.357. The Morgan fingerprint density at radius 3 is 2.90 bits per heavy atom. The zero-order chi connectivity index (χ0) is 15.0. The van der Waals surface area contributed by atoms with Crippen molar-refractivity contribution in [3.63, 3.8) is 0 Å². The average Bonchev–Trinajstić information content (AvgIpc) is 3.22. The molecule has 110 valence electrons. The van der Waals surface area contributed by atoms with E-state index in [-0.39, 0.29) is 17.1 Å². The SMILES string of the molecule is Cn1ccnc1CN(C(=O)c1cc(N)cnc1Cl)C1CC1. The van der Waals surface area contributed by atoms with E-state index in [9.17, 15) is 4.79 Å². The number of nitrogen functional groups attached to an aromatic ring is 1. The van der Waals surface area contributed by atoms with Crippen LogP contribution in [0.3, 0.4) is 0 Å². The molecule has 2 aromatic rings. The molecule has 3 rings (SSSR count). The number of carbonyl (C=O) groups excluding carboxylic acids is 1. The lowest BCUT2D eigenvalue weighted by Gasteiger charge is -2.22. The molecule has 21 heavy (non-hydrogen) atoms. The van der Waals surface area contributed by atoms with E-state index in [0.29, 0.717) is 17.8 Å². The van der Waals surface area contributed by atoms with Crippen LogP contribution in [0.25, 0.3) is 0 Å². The summed E-state index contributed by atoms with van der Waals surface area (Å²) >= 11 is 6.04. The van der Waals surface area contributed by atoms with Crippen molar-refractivity contribution in [1.29, 1.82) is 0 Å². The lowest BCUT2D eigenvalue weighted by molar-refractivity contribution is 0.0724. The molecule has 1 amide bonds. The van der Waals surface area contributed by atoms with Crippen LogP contribution in [0.4, 0.5) is 5.69 Å². The number of carbonyl (C=O) groups is 1. The molecule has 0 aliphatic heterocycles. The van der Waals surface area contributed by atoms with Crippen molar-refractivity contribution in [2.45, 2.75) is 25.4 Å². The maximum absolute atomic E-state index is 12.7. The number of aromatic nitrogens is 3. The maximum atomic E-state index is 12.7. The van der Waals surface area contributed by atoms with Crippen molar-refractivity contribution >= 4 is 23.2 Å². The van der Waals surface area contributed by atoms with Crippen LogP contribution in [-0.2, 0) is 13.6 Å². The zero-order valence-corrected chi connectivity index (χ0v) is 12.4. The normalized spacial score (nSPS) is 14.2. The standard InChI is InChI=1S/C14H16ClN5O/c1-19-5-4-17-12(19)8-20(10-2-3-10)14(21)11-6-9(16)7-18-13(11)15/h4-7,10H,2-3,8,16H2,1H3. The van der Waals surface area contributed by atoms with Gasteiger partial charge in [-0.05, 0) is 18.9 Å². The Kier molecular flexibility index (Phi) is 3.55. The second-order valence-corrected chi connectivity index (χ2v) is 5.58. The van der Waals surface area contributed by atoms with Crippen molar-refractivity contribution in [2.75, 3.05) is 5.73 Å². The topological polar surface area (TPSA) is 77.0 Å². The van der Waals surface area contributed by atoms with E-state index in [1.807, 2.05) is 17.8 Å². The van der Waals surface area contributed by atoms with Gasteiger partial charge in [0, 0.05) is 25.5 Å². The molecule has 0 unspecified atom stereocenters. The molecule has 7 heteroatoms. The van der Waals surface area contributed by atoms with Crippen LogP contribution < -0.4 is 5.73 Å². The van der Waals surface area contributed by atoms with Gasteiger partial charge in [-0.25, -0.2) is 9.97 Å². The number of hydrogen-bond donors (Lipinski definition) is 1. The zero-order valence-electron chi connectivity index (χ0n) is 11.7. The highest BCUT2D eigenvalue weighted by Crippen LogP contribution is 2.31. The molecule has 2 aromatic heterocycles. The number of pyridine rings is 1. The second kappa shape index (κ2) is 5.37. The third-order valence-electron chi connectivity index (χ3n) is 3.57. The summed E-state index contributed by atoms with van der Waals surface area (Å²) in [6, 6.07) is 1.82. The molecular weight excluding hydrogens is 290 g/mol. The second-order valence-electron chi connectivity index (χ2n) is 5.23. The number of imidazole rings is 1. The first-order valence-electron chi connectivity index (χ1n) is 6.74. The van der Waals surface area contributed by atoms with Gasteiger partial charge in [-0.2, -0.15) is 0 Å². The van der Waals surface area contributed by atoms with Crippen molar-refractivity contribution in [2.24, 2.45) is 7.05 Å². The van der Waals surface area contributed by atoms with E-state index in [4.69, 9.17) is 17.3 Å². The van der Waals surface area contributed by atoms with Crippen LogP contribution >= 0.6 is 11.6 Å². The molecule has 0 radical (unpaired) electrons. The van der Waals surface area contributed by atoms with Gasteiger partial charge in [0.15, 0.2) is 0 Å². The smallest absolute Gasteiger partial charge is 0.257 e. The van der Waals surface area contributed by atoms with E-state index >= 15 is 0 Å². The highest BCUT2D eigenvalue weighted by molar-refractivity contribution is 6.32. The van der Waals surface area contributed by atoms with Gasteiger partial charge >= 0.3 is 0 Å². The predicted octanol–water partition coefficient (Wildman–Crippen LogP) is 1.86. The fourth-order valence-corrected chi connectivity index (χ4v) is 2.41. The number of hydrogen-bond acceptors (Lipinski definition) is 4. The molecule has 1 fully saturated rings. The summed E-state index contributed by atoms with van der Waals surface area (Å²) in [6.07, 6.45) is 7.03. The van der Waals surface area contributed by atoms with Gasteiger partial charge in [-0.3, -0.25) is 4.79 Å². The molecule has 0 spiro atoms. The van der Waals surface area contributed by atoms with Crippen LogP contribution in [0.2, 0.25) is 5.15 Å². The first kappa shape index (κ1) is 13.9. The van der Waals surface area contributed by atoms with Crippen LogP contribution in [-0.4, -0.2) is 31.4 Å². The van der Waals surface area contributed by atoms with Crippen molar-refractivity contribution in [3.05, 3.63) is 41.2 Å². The minimum Gasteiger partial charge on any atom is -0.397 e. The van der Waals surface area contributed by atoms with E-state index < -0.39 is 0 Å². The Balaban J connectivity index is 1.88. The van der Waals surface area contributed by atoms with Gasteiger partial charge in [-0.1, -0.05) is 11.6 Å². The third kappa shape index (κ3) is 2.85. The van der Waals surface area contributed by atoms with Gasteiger partial charge < -0.3 is 15.2 Å². The van der Waals surface area contributed by atoms with Gasteiger partial charge in [-0.15, -0.1) is 0 Å². The molecule has 1 saturated carbocycles. The number of amides is 1. The van der Waals surface area contributed by atoms with Crippen molar-refractivity contribution in [1.82, 2.24) is 19.4 Å². The molecule has 1 aliphatic carbocycles. The molecular formula is C14H16ClN5O. The van der Waals surface area contributed by atoms with E-state index in [2.05, 4.69) is 9.97 Å². The summed E-state index contributed by atoms with van der Waals surface area (Å²) < 4.78 is 1.90. The highest BCUT2D eigenvalue weighted by atomic mass is 35.5. The quantitative estimate of drug-likeness (QED) is 0.875. The van der Waals surface area contributed by atoms with Crippen molar-refractivity contribution in [3.8, 4) is 0 Å². The van der Waals surface area contributed by atoms with E-state index in [1.165, 1.54) is 6.20 Å². The first-order chi connectivity index (χ1) is 10.1. The number of rotatable bonds is 4. The highest BCUT2D eigenvalue weighted by Gasteiger charge is 2.34. The summed E-state index contributed by atoms with van der Waals surface area (Å²) in [6.45, 7) is 0.456. The fourth-order valence-electron chi connectivity index (χ4n) is 2.22. The average molecular weight is 306 g/mol. The molecule has 2 N–H and O–H groups in total. The Morgan fingerprint density at radius 2 is 2.29 bits per heavy atom. The summed E-state index contributed by atoms with van der Waals surface area (Å²) in [4.78, 5) is 22.8. The molecule has 0 bridgehead atoms. The Bertz CT molecular complexity index is 680. The van der Waals surface area contributed by atoms with E-state index in [1.54, 1.807) is 17.2 Å². The van der Waals surface area contributed by atoms with E-state index in [0.717, 1.165) is 18.7 Å². The Hall–Kier alpha value is -2.08. The van der Waals surface area contributed by atoms with Gasteiger partial charge in [0.25, 0.3) is 5.91 Å². The number of halogens is 1. The molecule has 0 saturated heterocycles. The Morgan fingerprint density at radius 1 is 1.52 bits per heavy atom. The van der Waals surface area contributed by atoms with Gasteiger partial charge in [0.2, 0.25) is 0 Å². The number of anilines is 1. The minimum atomic E-state index is -0.148. The molecule has 6 nitrogen and oxygen atoms in total. The van der Waals surface area contributed by atoms with Crippen molar-refractivity contribution < 1.29 is 4.79 Å². The molecule has 0 aromatic carbocycles. The monoisotopic (exact) mass is 305 g/mol. The number of nitrogens with zero attached hydrogens (tertiary/aromatic N) is 4. The van der Waals surface area contributed by atoms with Crippen LogP contribution in [0.15, 0.2) is 24.7 Å². The lowest BCUT2D eigenvalue weighted by atomic mass is 10.2. The number of aryl methyl sites for hydroxylation is 1.